The Morgan fingerprint density at radius 3 is 2.41 bits per heavy atom. The summed E-state index contributed by atoms with van der Waals surface area (Å²) in [6.07, 6.45) is 2.40. The Labute approximate surface area is 235 Å². The minimum atomic E-state index is -1.45. The molecule has 0 saturated heterocycles. The van der Waals surface area contributed by atoms with Crippen molar-refractivity contribution in [3.05, 3.63) is 92.6 Å². The molecule has 1 aliphatic carbocycles. The smallest absolute Gasteiger partial charge is 0.258 e. The molecule has 0 bridgehead atoms. The van der Waals surface area contributed by atoms with Crippen molar-refractivity contribution in [1.29, 1.82) is 0 Å². The largest absolute Gasteiger partial charge is 0.384 e. The van der Waals surface area contributed by atoms with Crippen LogP contribution in [0.1, 0.15) is 27.4 Å². The maximum atomic E-state index is 14.5. The van der Waals surface area contributed by atoms with Crippen LogP contribution in [0.4, 0.5) is 20.3 Å². The fourth-order valence-corrected chi connectivity index (χ4v) is 5.84. The van der Waals surface area contributed by atoms with Gasteiger partial charge in [0.2, 0.25) is 0 Å². The Hall–Kier alpha value is -2.42. The Balaban J connectivity index is 1.55. The molecule has 1 saturated carbocycles. The van der Waals surface area contributed by atoms with Gasteiger partial charge in [-0.1, -0.05) is 70.7 Å². The van der Waals surface area contributed by atoms with Crippen molar-refractivity contribution in [3.63, 3.8) is 0 Å². The Morgan fingerprint density at radius 1 is 1.11 bits per heavy atom. The molecule has 2 aromatic carbocycles. The number of alkyl halides is 2. The van der Waals surface area contributed by atoms with E-state index >= 15 is 0 Å². The quantitative estimate of drug-likeness (QED) is 0.203. The van der Waals surface area contributed by atoms with E-state index in [1.165, 1.54) is 12.1 Å². The van der Waals surface area contributed by atoms with Crippen molar-refractivity contribution in [1.82, 2.24) is 4.98 Å². The maximum absolute atomic E-state index is 14.5. The highest BCUT2D eigenvalue weighted by molar-refractivity contribution is 6.54. The molecule has 1 aliphatic rings. The molecule has 1 amide bonds. The Bertz CT molecular complexity index is 1420. The average Bonchev–Trinajstić information content (AvgIpc) is 3.34. The number of carbonyl (C=O) groups excluding carboxylic acids is 2. The summed E-state index contributed by atoms with van der Waals surface area (Å²) >= 11 is 31.5. The van der Waals surface area contributed by atoms with E-state index in [1.54, 1.807) is 24.3 Å². The van der Waals surface area contributed by atoms with Gasteiger partial charge in [-0.15, -0.1) is 0 Å². The molecular weight excluding hydrogens is 590 g/mol. The van der Waals surface area contributed by atoms with Gasteiger partial charge in [-0.3, -0.25) is 4.79 Å². The summed E-state index contributed by atoms with van der Waals surface area (Å²) in [5.41, 5.74) is -0.700. The monoisotopic (exact) mass is 603 g/mol. The molecular formula is C25H16Cl5F2N3O2. The molecule has 3 aromatic rings. The SMILES string of the molecule is C=Cc1c(F)cnc(NC(=O)c2cc(NCC3(C=O)C(c4cc(Cl)cc(Cl)c4)C3(Cl)Cl)ccc2Cl)c1F. The maximum Gasteiger partial charge on any atom is 0.258 e. The normalized spacial score (nSPS) is 19.7. The zero-order chi connectivity index (χ0) is 27.1. The molecule has 37 heavy (non-hydrogen) atoms. The van der Waals surface area contributed by atoms with Crippen LogP contribution in [0.3, 0.4) is 0 Å². The molecule has 0 spiro atoms. The lowest BCUT2D eigenvalue weighted by molar-refractivity contribution is -0.112. The van der Waals surface area contributed by atoms with Crippen molar-refractivity contribution in [2.24, 2.45) is 5.41 Å². The molecule has 0 radical (unpaired) electrons. The van der Waals surface area contributed by atoms with Crippen LogP contribution in [0.5, 0.6) is 0 Å². The van der Waals surface area contributed by atoms with E-state index in [0.29, 0.717) is 27.6 Å². The number of carbonyl (C=O) groups is 2. The van der Waals surface area contributed by atoms with Crippen LogP contribution in [-0.2, 0) is 4.79 Å². The van der Waals surface area contributed by atoms with Gasteiger partial charge >= 0.3 is 0 Å². The minimum absolute atomic E-state index is 0.00215. The summed E-state index contributed by atoms with van der Waals surface area (Å²) in [4.78, 5) is 28.6. The number of pyridine rings is 1. The van der Waals surface area contributed by atoms with Crippen molar-refractivity contribution < 1.29 is 18.4 Å². The first-order valence-electron chi connectivity index (χ1n) is 10.6. The van der Waals surface area contributed by atoms with Crippen molar-refractivity contribution >= 4 is 87.8 Å². The van der Waals surface area contributed by atoms with Crippen LogP contribution in [0.25, 0.3) is 6.08 Å². The van der Waals surface area contributed by atoms with E-state index in [1.807, 2.05) is 0 Å². The van der Waals surface area contributed by atoms with E-state index in [2.05, 4.69) is 22.2 Å². The first-order valence-corrected chi connectivity index (χ1v) is 12.5. The van der Waals surface area contributed by atoms with Gasteiger partial charge < -0.3 is 15.4 Å². The average molecular weight is 606 g/mol. The summed E-state index contributed by atoms with van der Waals surface area (Å²) in [7, 11) is 0. The second-order valence-electron chi connectivity index (χ2n) is 8.31. The van der Waals surface area contributed by atoms with Gasteiger partial charge in [0.05, 0.1) is 27.8 Å². The molecule has 1 fully saturated rings. The minimum Gasteiger partial charge on any atom is -0.384 e. The third kappa shape index (κ3) is 5.03. The number of rotatable bonds is 8. The molecule has 2 atom stereocenters. The number of hydrogen-bond donors (Lipinski definition) is 2. The standard InChI is InChI=1S/C25H16Cl5F2N3O2/c1-2-16-19(31)9-33-22(20(16)32)35-23(37)17-8-15(3-4-18(17)28)34-10-24(11-36)21(25(24,29)30)12-5-13(26)7-14(27)6-12/h2-9,11,21,34H,1,10H2,(H,33,35,37). The van der Waals surface area contributed by atoms with Crippen LogP contribution in [0.15, 0.2) is 49.2 Å². The van der Waals surface area contributed by atoms with Crippen LogP contribution < -0.4 is 10.6 Å². The molecule has 192 valence electrons. The van der Waals surface area contributed by atoms with Crippen molar-refractivity contribution in [3.8, 4) is 0 Å². The molecule has 2 N–H and O–H groups in total. The highest BCUT2D eigenvalue weighted by Gasteiger charge is 2.76. The van der Waals surface area contributed by atoms with Crippen molar-refractivity contribution in [2.45, 2.75) is 10.3 Å². The third-order valence-corrected chi connectivity index (χ3v) is 7.99. The molecule has 2 unspecified atom stereocenters. The number of benzene rings is 2. The van der Waals surface area contributed by atoms with E-state index in [-0.39, 0.29) is 17.1 Å². The molecule has 1 heterocycles. The lowest BCUT2D eigenvalue weighted by Crippen LogP contribution is -2.23. The number of nitrogens with zero attached hydrogens (tertiary/aromatic N) is 1. The van der Waals surface area contributed by atoms with Gasteiger partial charge in [0, 0.05) is 28.2 Å². The summed E-state index contributed by atoms with van der Waals surface area (Å²) in [6, 6.07) is 9.21. The number of halogens is 7. The molecule has 12 heteroatoms. The summed E-state index contributed by atoms with van der Waals surface area (Å²) in [6.45, 7) is 3.34. The number of anilines is 2. The first-order chi connectivity index (χ1) is 17.4. The first kappa shape index (κ1) is 27.6. The van der Waals surface area contributed by atoms with Crippen LogP contribution in [0.2, 0.25) is 15.1 Å². The molecule has 1 aromatic heterocycles. The fourth-order valence-electron chi connectivity index (χ4n) is 4.12. The number of nitrogens with one attached hydrogen (secondary N) is 2. The predicted octanol–water partition coefficient (Wildman–Crippen LogP) is 7.78. The second-order valence-corrected chi connectivity index (χ2v) is 11.0. The van der Waals surface area contributed by atoms with E-state index in [0.717, 1.165) is 12.3 Å². The molecule has 0 aliphatic heterocycles. The Kier molecular flexibility index (Phi) is 7.75. The van der Waals surface area contributed by atoms with Gasteiger partial charge in [-0.05, 0) is 42.0 Å². The highest BCUT2D eigenvalue weighted by Crippen LogP contribution is 2.73. The lowest BCUT2D eigenvalue weighted by Gasteiger charge is -2.15. The topological polar surface area (TPSA) is 71.1 Å². The van der Waals surface area contributed by atoms with Crippen LogP contribution in [-0.4, -0.2) is 28.1 Å². The molecule has 5 nitrogen and oxygen atoms in total. The number of aldehydes is 1. The number of aromatic nitrogens is 1. The molecule has 4 rings (SSSR count). The van der Waals surface area contributed by atoms with E-state index in [9.17, 15) is 18.4 Å². The predicted molar refractivity (Wildman–Crippen MR) is 144 cm³/mol. The van der Waals surface area contributed by atoms with Crippen LogP contribution >= 0.6 is 58.0 Å². The second kappa shape index (κ2) is 10.4. The number of hydrogen-bond acceptors (Lipinski definition) is 4. The lowest BCUT2D eigenvalue weighted by atomic mass is 10.00. The fraction of sp³-hybridized carbons (Fsp3) is 0.160. The van der Waals surface area contributed by atoms with Crippen molar-refractivity contribution in [2.75, 3.05) is 17.2 Å². The third-order valence-electron chi connectivity index (χ3n) is 6.08. The zero-order valence-electron chi connectivity index (χ0n) is 18.6. The number of amides is 1. The van der Waals surface area contributed by atoms with Gasteiger partial charge in [0.1, 0.15) is 10.6 Å². The summed E-state index contributed by atoms with van der Waals surface area (Å²) < 4.78 is 26.7. The van der Waals surface area contributed by atoms with Gasteiger partial charge in [0.15, 0.2) is 17.5 Å². The van der Waals surface area contributed by atoms with Gasteiger partial charge in [-0.25, -0.2) is 13.8 Å². The Morgan fingerprint density at radius 2 is 1.78 bits per heavy atom. The van der Waals surface area contributed by atoms with Crippen LogP contribution in [0, 0.1) is 17.0 Å². The van der Waals surface area contributed by atoms with E-state index < -0.39 is 44.6 Å². The van der Waals surface area contributed by atoms with E-state index in [4.69, 9.17) is 58.0 Å². The van der Waals surface area contributed by atoms with Gasteiger partial charge in [-0.2, -0.15) is 0 Å². The zero-order valence-corrected chi connectivity index (χ0v) is 22.4. The van der Waals surface area contributed by atoms with Gasteiger partial charge in [0.25, 0.3) is 5.91 Å². The summed E-state index contributed by atoms with van der Waals surface area (Å²) in [5, 5.41) is 6.11. The summed E-state index contributed by atoms with van der Waals surface area (Å²) in [5.74, 6) is -3.90. The highest BCUT2D eigenvalue weighted by atomic mass is 35.5.